The fourth-order valence-electron chi connectivity index (χ4n) is 2.67. The second-order valence-corrected chi connectivity index (χ2v) is 9.02. The van der Waals surface area contributed by atoms with E-state index in [-0.39, 0.29) is 18.0 Å². The number of carbonyl (C=O) groups is 1. The van der Waals surface area contributed by atoms with Gasteiger partial charge in [0.05, 0.1) is 22.2 Å². The molecule has 0 bridgehead atoms. The van der Waals surface area contributed by atoms with Crippen molar-refractivity contribution in [3.8, 4) is 0 Å². The molecule has 3 rings (SSSR count). The lowest BCUT2D eigenvalue weighted by Gasteiger charge is -2.22. The Morgan fingerprint density at radius 2 is 1.48 bits per heavy atom. The van der Waals surface area contributed by atoms with Crippen LogP contribution in [0.25, 0.3) is 0 Å². The third-order valence-corrected chi connectivity index (χ3v) is 6.51. The lowest BCUT2D eigenvalue weighted by Crippen LogP contribution is -2.37. The zero-order chi connectivity index (χ0) is 20.9. The SMILES string of the molecule is O=C(CN(Cc1ccc(Cl)cc1)S(=O)(=O)c1ccccc1)Nc1ccccc1Cl. The van der Waals surface area contributed by atoms with Crippen LogP contribution in [0.5, 0.6) is 0 Å². The van der Waals surface area contributed by atoms with Crippen molar-refractivity contribution in [3.63, 3.8) is 0 Å². The smallest absolute Gasteiger partial charge is 0.243 e. The van der Waals surface area contributed by atoms with Crippen LogP contribution in [0.1, 0.15) is 5.56 Å². The van der Waals surface area contributed by atoms with E-state index in [0.29, 0.717) is 21.3 Å². The lowest BCUT2D eigenvalue weighted by atomic mass is 10.2. The van der Waals surface area contributed by atoms with Gasteiger partial charge >= 0.3 is 0 Å². The van der Waals surface area contributed by atoms with Crippen molar-refractivity contribution in [1.82, 2.24) is 4.31 Å². The Kier molecular flexibility index (Phi) is 6.92. The molecule has 0 heterocycles. The van der Waals surface area contributed by atoms with Gasteiger partial charge in [-0.2, -0.15) is 4.31 Å². The molecule has 150 valence electrons. The number of benzene rings is 3. The van der Waals surface area contributed by atoms with E-state index in [1.807, 2.05) is 0 Å². The highest BCUT2D eigenvalue weighted by molar-refractivity contribution is 7.89. The predicted molar refractivity (Wildman–Crippen MR) is 116 cm³/mol. The fourth-order valence-corrected chi connectivity index (χ4v) is 4.39. The largest absolute Gasteiger partial charge is 0.324 e. The predicted octanol–water partition coefficient (Wildman–Crippen LogP) is 4.82. The molecular weight excluding hydrogens is 431 g/mol. The second kappa shape index (κ2) is 9.41. The molecule has 29 heavy (non-hydrogen) atoms. The quantitative estimate of drug-likeness (QED) is 0.562. The Balaban J connectivity index is 1.87. The average Bonchev–Trinajstić information content (AvgIpc) is 2.71. The van der Waals surface area contributed by atoms with Gasteiger partial charge in [-0.25, -0.2) is 8.42 Å². The molecule has 0 fully saturated rings. The third kappa shape index (κ3) is 5.58. The number of sulfonamides is 1. The number of nitrogens with one attached hydrogen (secondary N) is 1. The molecule has 3 aromatic carbocycles. The fraction of sp³-hybridized carbons (Fsp3) is 0.0952. The van der Waals surface area contributed by atoms with Crippen LogP contribution in [0.3, 0.4) is 0 Å². The zero-order valence-corrected chi connectivity index (χ0v) is 17.6. The molecule has 0 aliphatic rings. The summed E-state index contributed by atoms with van der Waals surface area (Å²) in [6.45, 7) is -0.352. The molecule has 0 aliphatic carbocycles. The highest BCUT2D eigenvalue weighted by atomic mass is 35.5. The van der Waals surface area contributed by atoms with E-state index in [4.69, 9.17) is 23.2 Å². The maximum atomic E-state index is 13.2. The van der Waals surface area contributed by atoms with Gasteiger partial charge in [0.15, 0.2) is 0 Å². The number of halogens is 2. The van der Waals surface area contributed by atoms with Crippen molar-refractivity contribution in [3.05, 3.63) is 94.5 Å². The maximum Gasteiger partial charge on any atom is 0.243 e. The van der Waals surface area contributed by atoms with E-state index in [2.05, 4.69) is 5.32 Å². The standard InChI is InChI=1S/C21H18Cl2N2O3S/c22-17-12-10-16(11-13-17)14-25(29(27,28)18-6-2-1-3-7-18)15-21(26)24-20-9-5-4-8-19(20)23/h1-13H,14-15H2,(H,24,26). The second-order valence-electron chi connectivity index (χ2n) is 6.24. The molecule has 0 unspecified atom stereocenters. The Labute approximate surface area is 179 Å². The minimum Gasteiger partial charge on any atom is -0.324 e. The first kappa shape index (κ1) is 21.3. The Morgan fingerprint density at radius 3 is 2.14 bits per heavy atom. The molecular formula is C21H18Cl2N2O3S. The van der Waals surface area contributed by atoms with E-state index >= 15 is 0 Å². The van der Waals surface area contributed by atoms with Crippen LogP contribution in [0, 0.1) is 0 Å². The molecule has 0 spiro atoms. The number of para-hydroxylation sites is 1. The molecule has 0 atom stereocenters. The van der Waals surface area contributed by atoms with Gasteiger partial charge < -0.3 is 5.32 Å². The number of nitrogens with zero attached hydrogens (tertiary/aromatic N) is 1. The van der Waals surface area contributed by atoms with Gasteiger partial charge in [-0.15, -0.1) is 0 Å². The van der Waals surface area contributed by atoms with Gasteiger partial charge in [-0.1, -0.05) is 65.7 Å². The molecule has 0 aliphatic heterocycles. The summed E-state index contributed by atoms with van der Waals surface area (Å²) < 4.78 is 27.4. The van der Waals surface area contributed by atoms with E-state index in [1.165, 1.54) is 12.1 Å². The van der Waals surface area contributed by atoms with Gasteiger partial charge in [0, 0.05) is 11.6 Å². The van der Waals surface area contributed by atoms with Crippen LogP contribution in [-0.4, -0.2) is 25.2 Å². The summed E-state index contributed by atoms with van der Waals surface area (Å²) in [7, 11) is -3.90. The summed E-state index contributed by atoms with van der Waals surface area (Å²) in [5.41, 5.74) is 1.13. The first-order valence-electron chi connectivity index (χ1n) is 8.70. The van der Waals surface area contributed by atoms with Crippen molar-refractivity contribution >= 4 is 44.8 Å². The van der Waals surface area contributed by atoms with Crippen LogP contribution in [0.15, 0.2) is 83.8 Å². The number of hydrogen-bond acceptors (Lipinski definition) is 3. The number of carbonyl (C=O) groups excluding carboxylic acids is 1. The zero-order valence-electron chi connectivity index (χ0n) is 15.3. The summed E-state index contributed by atoms with van der Waals surface area (Å²) in [4.78, 5) is 12.7. The number of hydrogen-bond donors (Lipinski definition) is 1. The Hall–Kier alpha value is -2.38. The maximum absolute atomic E-state index is 13.2. The highest BCUT2D eigenvalue weighted by Gasteiger charge is 2.27. The molecule has 8 heteroatoms. The van der Waals surface area contributed by atoms with Crippen molar-refractivity contribution in [2.45, 2.75) is 11.4 Å². The summed E-state index contributed by atoms with van der Waals surface area (Å²) >= 11 is 12.0. The minimum atomic E-state index is -3.90. The minimum absolute atomic E-state index is 0.0182. The van der Waals surface area contributed by atoms with Gasteiger partial charge in [0.2, 0.25) is 15.9 Å². The normalized spacial score (nSPS) is 11.4. The molecule has 3 aromatic rings. The van der Waals surface area contributed by atoms with Crippen LogP contribution < -0.4 is 5.32 Å². The number of amides is 1. The van der Waals surface area contributed by atoms with Crippen molar-refractivity contribution in [2.75, 3.05) is 11.9 Å². The summed E-state index contributed by atoms with van der Waals surface area (Å²) in [6.07, 6.45) is 0. The summed E-state index contributed by atoms with van der Waals surface area (Å²) in [6, 6.07) is 21.6. The molecule has 5 nitrogen and oxygen atoms in total. The number of rotatable bonds is 7. The first-order chi connectivity index (χ1) is 13.9. The molecule has 1 amide bonds. The molecule has 0 aromatic heterocycles. The van der Waals surface area contributed by atoms with Crippen LogP contribution >= 0.6 is 23.2 Å². The van der Waals surface area contributed by atoms with Crippen LogP contribution in [0.2, 0.25) is 10.0 Å². The lowest BCUT2D eigenvalue weighted by molar-refractivity contribution is -0.116. The van der Waals surface area contributed by atoms with Crippen LogP contribution in [0.4, 0.5) is 5.69 Å². The van der Waals surface area contributed by atoms with Crippen molar-refractivity contribution < 1.29 is 13.2 Å². The van der Waals surface area contributed by atoms with Gasteiger partial charge in [-0.3, -0.25) is 4.79 Å². The van der Waals surface area contributed by atoms with E-state index < -0.39 is 15.9 Å². The topological polar surface area (TPSA) is 66.5 Å². The van der Waals surface area contributed by atoms with Crippen LogP contribution in [-0.2, 0) is 21.4 Å². The Morgan fingerprint density at radius 1 is 0.862 bits per heavy atom. The monoisotopic (exact) mass is 448 g/mol. The van der Waals surface area contributed by atoms with Crippen molar-refractivity contribution in [2.24, 2.45) is 0 Å². The third-order valence-electron chi connectivity index (χ3n) is 4.12. The Bertz CT molecular complexity index is 1090. The van der Waals surface area contributed by atoms with E-state index in [0.717, 1.165) is 4.31 Å². The average molecular weight is 449 g/mol. The highest BCUT2D eigenvalue weighted by Crippen LogP contribution is 2.22. The number of anilines is 1. The first-order valence-corrected chi connectivity index (χ1v) is 10.9. The summed E-state index contributed by atoms with van der Waals surface area (Å²) in [5.74, 6) is -0.494. The van der Waals surface area contributed by atoms with Crippen molar-refractivity contribution in [1.29, 1.82) is 0 Å². The van der Waals surface area contributed by atoms with Gasteiger partial charge in [0.25, 0.3) is 0 Å². The van der Waals surface area contributed by atoms with Gasteiger partial charge in [-0.05, 0) is 42.0 Å². The summed E-state index contributed by atoms with van der Waals surface area (Å²) in [5, 5.41) is 3.58. The molecule has 0 radical (unpaired) electrons. The molecule has 1 N–H and O–H groups in total. The molecule has 0 saturated heterocycles. The molecule has 0 saturated carbocycles. The van der Waals surface area contributed by atoms with E-state index in [1.54, 1.807) is 66.7 Å². The van der Waals surface area contributed by atoms with E-state index in [9.17, 15) is 13.2 Å². The van der Waals surface area contributed by atoms with Gasteiger partial charge in [0.1, 0.15) is 0 Å².